The van der Waals surface area contributed by atoms with E-state index in [1.54, 1.807) is 0 Å². The first-order valence-corrected chi connectivity index (χ1v) is 2.81. The second-order valence-corrected chi connectivity index (χ2v) is 1.97. The molecule has 0 amide bonds. The van der Waals surface area contributed by atoms with Gasteiger partial charge in [-0.3, -0.25) is 0 Å². The highest BCUT2D eigenvalue weighted by Crippen LogP contribution is 2.32. The van der Waals surface area contributed by atoms with Gasteiger partial charge in [-0.15, -0.1) is 0 Å². The smallest absolute Gasteiger partial charge is 0.450 e. The average Bonchev–Trinajstić information content (AvgIpc) is 2.30. The number of carboxylic acids is 1. The van der Waals surface area contributed by atoms with Crippen molar-refractivity contribution in [2.75, 3.05) is 0 Å². The van der Waals surface area contributed by atoms with E-state index in [9.17, 15) is 18.0 Å². The second kappa shape index (κ2) is 2.54. The predicted octanol–water partition coefficient (Wildman–Crippen LogP) is 2.00. The van der Waals surface area contributed by atoms with E-state index in [2.05, 4.69) is 4.42 Å². The van der Waals surface area contributed by atoms with Crippen LogP contribution in [-0.2, 0) is 6.18 Å². The van der Waals surface area contributed by atoms with Crippen molar-refractivity contribution < 1.29 is 27.5 Å². The van der Waals surface area contributed by atoms with Gasteiger partial charge in [0.15, 0.2) is 0 Å². The van der Waals surface area contributed by atoms with Crippen LogP contribution in [0.5, 0.6) is 0 Å². The Balaban J connectivity index is 3.17. The van der Waals surface area contributed by atoms with Gasteiger partial charge in [-0.1, -0.05) is 0 Å². The van der Waals surface area contributed by atoms with E-state index in [4.69, 9.17) is 5.11 Å². The number of carbonyl (C=O) groups is 1. The van der Waals surface area contributed by atoms with Gasteiger partial charge in [-0.25, -0.2) is 4.79 Å². The molecule has 0 atom stereocenters. The molecule has 0 fully saturated rings. The normalized spacial score (nSPS) is 11.6. The van der Waals surface area contributed by atoms with Gasteiger partial charge in [0, 0.05) is 0 Å². The van der Waals surface area contributed by atoms with Gasteiger partial charge in [0.2, 0.25) is 5.76 Å². The highest BCUT2D eigenvalue weighted by molar-refractivity contribution is 5.88. The summed E-state index contributed by atoms with van der Waals surface area (Å²) in [6, 6.07) is 0.755. The van der Waals surface area contributed by atoms with Crippen LogP contribution in [0.1, 0.15) is 16.1 Å². The van der Waals surface area contributed by atoms with Crippen molar-refractivity contribution in [3.8, 4) is 0 Å². The molecule has 1 rings (SSSR count). The van der Waals surface area contributed by atoms with Crippen LogP contribution in [0.3, 0.4) is 0 Å². The number of carboxylic acid groups (broad SMARTS) is 1. The standard InChI is InChI=1S/C6H3F3O3/c7-6(8,9)4-3(5(10)11)1-2-12-4/h1-2H,(H,10,11). The monoisotopic (exact) mass is 180 g/mol. The van der Waals surface area contributed by atoms with Crippen LogP contribution in [0.4, 0.5) is 13.2 Å². The minimum atomic E-state index is -4.75. The molecule has 1 heterocycles. The molecule has 0 radical (unpaired) electrons. The summed E-state index contributed by atoms with van der Waals surface area (Å²) in [5.41, 5.74) is -0.873. The molecule has 1 N–H and O–H groups in total. The molecular weight excluding hydrogens is 177 g/mol. The molecule has 0 aliphatic carbocycles. The molecule has 1 aromatic rings. The van der Waals surface area contributed by atoms with Crippen LogP contribution in [0.15, 0.2) is 16.7 Å². The third-order valence-corrected chi connectivity index (χ3v) is 1.15. The van der Waals surface area contributed by atoms with E-state index in [1.807, 2.05) is 0 Å². The van der Waals surface area contributed by atoms with E-state index in [1.165, 1.54) is 0 Å². The quantitative estimate of drug-likeness (QED) is 0.718. The minimum absolute atomic E-state index is 0.687. The number of hydrogen-bond acceptors (Lipinski definition) is 2. The third kappa shape index (κ3) is 1.41. The van der Waals surface area contributed by atoms with Gasteiger partial charge in [-0.2, -0.15) is 13.2 Å². The molecule has 0 bridgehead atoms. The number of alkyl halides is 3. The highest BCUT2D eigenvalue weighted by atomic mass is 19.4. The van der Waals surface area contributed by atoms with Crippen LogP contribution in [-0.4, -0.2) is 11.1 Å². The Morgan fingerprint density at radius 3 is 2.42 bits per heavy atom. The highest BCUT2D eigenvalue weighted by Gasteiger charge is 2.39. The van der Waals surface area contributed by atoms with Crippen LogP contribution in [0, 0.1) is 0 Å². The first kappa shape index (κ1) is 8.63. The summed E-state index contributed by atoms with van der Waals surface area (Å²) >= 11 is 0. The Bertz CT molecular complexity index is 299. The fraction of sp³-hybridized carbons (Fsp3) is 0.167. The maximum atomic E-state index is 11.9. The Morgan fingerprint density at radius 2 is 2.08 bits per heavy atom. The van der Waals surface area contributed by atoms with E-state index >= 15 is 0 Å². The molecule has 6 heteroatoms. The van der Waals surface area contributed by atoms with Gasteiger partial charge in [0.1, 0.15) is 5.56 Å². The first-order valence-electron chi connectivity index (χ1n) is 2.81. The molecule has 0 aliphatic rings. The van der Waals surface area contributed by atoms with Crippen LogP contribution >= 0.6 is 0 Å². The number of rotatable bonds is 1. The lowest BCUT2D eigenvalue weighted by Crippen LogP contribution is -2.09. The Morgan fingerprint density at radius 1 is 1.50 bits per heavy atom. The Kier molecular flexibility index (Phi) is 1.83. The largest absolute Gasteiger partial charge is 0.478 e. The lowest BCUT2D eigenvalue weighted by Gasteiger charge is -2.02. The zero-order chi connectivity index (χ0) is 9.35. The molecular formula is C6H3F3O3. The van der Waals surface area contributed by atoms with E-state index < -0.39 is 23.5 Å². The molecule has 0 unspecified atom stereocenters. The molecule has 0 saturated heterocycles. The third-order valence-electron chi connectivity index (χ3n) is 1.15. The lowest BCUT2D eigenvalue weighted by molar-refractivity contribution is -0.153. The predicted molar refractivity (Wildman–Crippen MR) is 30.7 cm³/mol. The number of furan rings is 1. The van der Waals surface area contributed by atoms with Crippen molar-refractivity contribution in [1.29, 1.82) is 0 Å². The number of halogens is 3. The van der Waals surface area contributed by atoms with Crippen molar-refractivity contribution in [2.45, 2.75) is 6.18 Å². The summed E-state index contributed by atoms with van der Waals surface area (Å²) < 4.78 is 39.6. The maximum absolute atomic E-state index is 11.9. The second-order valence-electron chi connectivity index (χ2n) is 1.97. The fourth-order valence-electron chi connectivity index (χ4n) is 0.697. The zero-order valence-corrected chi connectivity index (χ0v) is 5.55. The van der Waals surface area contributed by atoms with E-state index in [0.29, 0.717) is 6.26 Å². The van der Waals surface area contributed by atoms with E-state index in [-0.39, 0.29) is 0 Å². The SMILES string of the molecule is O=C(O)c1ccoc1C(F)(F)F. The molecule has 3 nitrogen and oxygen atoms in total. The topological polar surface area (TPSA) is 50.4 Å². The number of aromatic carboxylic acids is 1. The summed E-state index contributed by atoms with van der Waals surface area (Å²) in [5.74, 6) is -3.13. The van der Waals surface area contributed by atoms with Gasteiger partial charge in [-0.05, 0) is 6.07 Å². The van der Waals surface area contributed by atoms with Crippen LogP contribution in [0.25, 0.3) is 0 Å². The Labute approximate surface area is 64.4 Å². The van der Waals surface area contributed by atoms with Gasteiger partial charge >= 0.3 is 12.1 Å². The van der Waals surface area contributed by atoms with Crippen LogP contribution in [0.2, 0.25) is 0 Å². The minimum Gasteiger partial charge on any atom is -0.478 e. The zero-order valence-electron chi connectivity index (χ0n) is 5.55. The van der Waals surface area contributed by atoms with Crippen molar-refractivity contribution in [1.82, 2.24) is 0 Å². The summed E-state index contributed by atoms with van der Waals surface area (Å²) in [5, 5.41) is 8.26. The number of hydrogen-bond donors (Lipinski definition) is 1. The molecule has 0 aromatic carbocycles. The lowest BCUT2D eigenvalue weighted by atomic mass is 10.2. The fourth-order valence-corrected chi connectivity index (χ4v) is 0.697. The summed E-state index contributed by atoms with van der Waals surface area (Å²) in [6.45, 7) is 0. The van der Waals surface area contributed by atoms with Crippen molar-refractivity contribution in [2.24, 2.45) is 0 Å². The Hall–Kier alpha value is -1.46. The van der Waals surface area contributed by atoms with Crippen LogP contribution < -0.4 is 0 Å². The van der Waals surface area contributed by atoms with Crippen molar-refractivity contribution in [3.63, 3.8) is 0 Å². The summed E-state index contributed by atoms with van der Waals surface area (Å²) in [7, 11) is 0. The van der Waals surface area contributed by atoms with Gasteiger partial charge in [0.25, 0.3) is 0 Å². The summed E-state index contributed by atoms with van der Waals surface area (Å²) in [4.78, 5) is 10.2. The molecule has 12 heavy (non-hydrogen) atoms. The molecule has 0 aliphatic heterocycles. The maximum Gasteiger partial charge on any atom is 0.450 e. The molecule has 0 spiro atoms. The molecule has 1 aromatic heterocycles. The van der Waals surface area contributed by atoms with E-state index in [0.717, 1.165) is 6.07 Å². The van der Waals surface area contributed by atoms with Gasteiger partial charge in [0.05, 0.1) is 6.26 Å². The summed E-state index contributed by atoms with van der Waals surface area (Å²) in [6.07, 6.45) is -4.07. The van der Waals surface area contributed by atoms with Gasteiger partial charge < -0.3 is 9.52 Å². The molecule has 0 saturated carbocycles. The van der Waals surface area contributed by atoms with Crippen molar-refractivity contribution >= 4 is 5.97 Å². The molecule has 66 valence electrons. The van der Waals surface area contributed by atoms with Crippen molar-refractivity contribution in [3.05, 3.63) is 23.7 Å². The first-order chi connectivity index (χ1) is 5.43. The average molecular weight is 180 g/mol.